The zero-order chi connectivity index (χ0) is 14.5. The monoisotopic (exact) mass is 294 g/mol. The number of aliphatic imine (C=N–C) groups is 1. The van der Waals surface area contributed by atoms with Crippen LogP contribution in [0.4, 0.5) is 0 Å². The van der Waals surface area contributed by atoms with Crippen LogP contribution in [0.25, 0.3) is 0 Å². The van der Waals surface area contributed by atoms with Crippen LogP contribution in [-0.4, -0.2) is 31.2 Å². The Morgan fingerprint density at radius 1 is 1.25 bits per heavy atom. The molecule has 1 aliphatic heterocycles. The number of amidine groups is 1. The third-order valence-corrected chi connectivity index (χ3v) is 4.75. The first-order valence-corrected chi connectivity index (χ1v) is 7.77. The highest BCUT2D eigenvalue weighted by molar-refractivity contribution is 8.13. The molecule has 1 aromatic carbocycles. The summed E-state index contributed by atoms with van der Waals surface area (Å²) < 4.78 is 10.5. The Bertz CT molecular complexity index is 491. The maximum Gasteiger partial charge on any atom is 0.161 e. The van der Waals surface area contributed by atoms with Crippen LogP contribution in [0.3, 0.4) is 0 Å². The molecular formula is C15H22N2O2S. The van der Waals surface area contributed by atoms with Crippen LogP contribution in [-0.2, 0) is 6.54 Å². The van der Waals surface area contributed by atoms with Gasteiger partial charge in [-0.3, -0.25) is 4.99 Å². The van der Waals surface area contributed by atoms with Gasteiger partial charge >= 0.3 is 0 Å². The number of benzene rings is 1. The first kappa shape index (κ1) is 15.0. The topological polar surface area (TPSA) is 42.8 Å². The van der Waals surface area contributed by atoms with E-state index in [0.29, 0.717) is 18.5 Å². The van der Waals surface area contributed by atoms with Gasteiger partial charge < -0.3 is 14.8 Å². The lowest BCUT2D eigenvalue weighted by Gasteiger charge is -2.28. The lowest BCUT2D eigenvalue weighted by atomic mass is 10.1. The molecule has 0 amide bonds. The van der Waals surface area contributed by atoms with E-state index in [0.717, 1.165) is 28.0 Å². The van der Waals surface area contributed by atoms with E-state index in [1.165, 1.54) is 0 Å². The van der Waals surface area contributed by atoms with Crippen molar-refractivity contribution in [2.45, 2.75) is 26.4 Å². The average molecular weight is 294 g/mol. The highest BCUT2D eigenvalue weighted by atomic mass is 32.2. The van der Waals surface area contributed by atoms with E-state index in [1.807, 2.05) is 18.2 Å². The smallest absolute Gasteiger partial charge is 0.161 e. The molecule has 1 aromatic rings. The summed E-state index contributed by atoms with van der Waals surface area (Å²) in [6, 6.07) is 6.40. The molecule has 0 radical (unpaired) electrons. The third-order valence-electron chi connectivity index (χ3n) is 3.54. The molecule has 2 unspecified atom stereocenters. The zero-order valence-corrected chi connectivity index (χ0v) is 13.3. The number of nitrogens with zero attached hydrogens (tertiary/aromatic N) is 1. The summed E-state index contributed by atoms with van der Waals surface area (Å²) in [5.74, 6) is 3.30. The summed E-state index contributed by atoms with van der Waals surface area (Å²) in [6.45, 7) is 5.11. The predicted octanol–water partition coefficient (Wildman–Crippen LogP) is 2.92. The molecule has 5 heteroatoms. The summed E-state index contributed by atoms with van der Waals surface area (Å²) in [6.07, 6.45) is 0. The molecule has 0 saturated carbocycles. The second kappa shape index (κ2) is 6.88. The van der Waals surface area contributed by atoms with Crippen LogP contribution in [0.2, 0.25) is 0 Å². The number of rotatable bonds is 4. The molecule has 110 valence electrons. The minimum Gasteiger partial charge on any atom is -0.493 e. The highest BCUT2D eigenvalue weighted by Gasteiger charge is 2.20. The van der Waals surface area contributed by atoms with E-state index < -0.39 is 0 Å². The van der Waals surface area contributed by atoms with Crippen LogP contribution in [0.15, 0.2) is 23.2 Å². The van der Waals surface area contributed by atoms with E-state index in [-0.39, 0.29) is 0 Å². The molecule has 20 heavy (non-hydrogen) atoms. The normalized spacial score (nSPS) is 24.3. The Morgan fingerprint density at radius 3 is 2.65 bits per heavy atom. The van der Waals surface area contributed by atoms with Gasteiger partial charge in [0.1, 0.15) is 0 Å². The van der Waals surface area contributed by atoms with Gasteiger partial charge in [-0.15, -0.1) is 0 Å². The third kappa shape index (κ3) is 3.60. The second-order valence-corrected chi connectivity index (χ2v) is 6.04. The zero-order valence-electron chi connectivity index (χ0n) is 12.5. The van der Waals surface area contributed by atoms with Crippen molar-refractivity contribution >= 4 is 16.9 Å². The van der Waals surface area contributed by atoms with Gasteiger partial charge in [0.05, 0.1) is 20.8 Å². The maximum absolute atomic E-state index is 5.31. The van der Waals surface area contributed by atoms with Gasteiger partial charge in [-0.25, -0.2) is 0 Å². The van der Waals surface area contributed by atoms with Gasteiger partial charge in [-0.05, 0) is 30.5 Å². The van der Waals surface area contributed by atoms with Gasteiger partial charge in [0, 0.05) is 11.8 Å². The Hall–Kier alpha value is -1.36. The molecule has 1 aliphatic rings. The molecule has 0 aliphatic carbocycles. The molecule has 4 nitrogen and oxygen atoms in total. The Balaban J connectivity index is 2.03. The van der Waals surface area contributed by atoms with E-state index in [4.69, 9.17) is 9.47 Å². The fourth-order valence-electron chi connectivity index (χ4n) is 1.97. The Kier molecular flexibility index (Phi) is 5.17. The largest absolute Gasteiger partial charge is 0.493 e. The molecule has 1 fully saturated rings. The minimum absolute atomic E-state index is 0.486. The van der Waals surface area contributed by atoms with Crippen LogP contribution in [0, 0.1) is 5.92 Å². The van der Waals surface area contributed by atoms with Crippen LogP contribution in [0.1, 0.15) is 19.4 Å². The molecule has 1 N–H and O–H groups in total. The summed E-state index contributed by atoms with van der Waals surface area (Å²) in [5.41, 5.74) is 1.11. The van der Waals surface area contributed by atoms with Crippen molar-refractivity contribution < 1.29 is 9.47 Å². The van der Waals surface area contributed by atoms with E-state index in [1.54, 1.807) is 26.0 Å². The summed E-state index contributed by atoms with van der Waals surface area (Å²) in [5, 5.41) is 4.48. The van der Waals surface area contributed by atoms with Gasteiger partial charge in [0.15, 0.2) is 16.7 Å². The van der Waals surface area contributed by atoms with Crippen molar-refractivity contribution in [1.29, 1.82) is 0 Å². The van der Waals surface area contributed by atoms with Crippen LogP contribution >= 0.6 is 11.8 Å². The lowest BCUT2D eigenvalue weighted by molar-refractivity contribution is 0.354. The fourth-order valence-corrected chi connectivity index (χ4v) is 3.10. The molecule has 2 atom stereocenters. The highest BCUT2D eigenvalue weighted by Crippen LogP contribution is 2.28. The SMILES string of the molecule is COc1ccc(CN=C2NC(C)C(C)CS2)cc1OC. The van der Waals surface area contributed by atoms with Crippen molar-refractivity contribution in [3.63, 3.8) is 0 Å². The Labute approximate surface area is 125 Å². The fraction of sp³-hybridized carbons (Fsp3) is 0.533. The van der Waals surface area contributed by atoms with E-state index >= 15 is 0 Å². The molecule has 1 saturated heterocycles. The van der Waals surface area contributed by atoms with Gasteiger partial charge in [0.25, 0.3) is 0 Å². The van der Waals surface area contributed by atoms with Gasteiger partial charge in [-0.2, -0.15) is 0 Å². The lowest BCUT2D eigenvalue weighted by Crippen LogP contribution is -2.41. The summed E-state index contributed by atoms with van der Waals surface area (Å²) >= 11 is 1.79. The molecule has 0 aromatic heterocycles. The number of thioether (sulfide) groups is 1. The number of hydrogen-bond acceptors (Lipinski definition) is 4. The standard InChI is InChI=1S/C15H22N2O2S/c1-10-9-20-15(17-11(10)2)16-8-12-5-6-13(18-3)14(7-12)19-4/h5-7,10-11H,8-9H2,1-4H3,(H,16,17). The average Bonchev–Trinajstić information content (AvgIpc) is 2.48. The molecular weight excluding hydrogens is 272 g/mol. The summed E-state index contributed by atoms with van der Waals surface area (Å²) in [4.78, 5) is 4.64. The van der Waals surface area contributed by atoms with Crippen molar-refractivity contribution in [3.8, 4) is 11.5 Å². The van der Waals surface area contributed by atoms with Crippen molar-refractivity contribution in [3.05, 3.63) is 23.8 Å². The van der Waals surface area contributed by atoms with Crippen LogP contribution in [0.5, 0.6) is 11.5 Å². The first-order chi connectivity index (χ1) is 9.63. The number of hydrogen-bond donors (Lipinski definition) is 1. The van der Waals surface area contributed by atoms with Gasteiger partial charge in [-0.1, -0.05) is 24.8 Å². The van der Waals surface area contributed by atoms with E-state index in [9.17, 15) is 0 Å². The van der Waals surface area contributed by atoms with Gasteiger partial charge in [0.2, 0.25) is 0 Å². The van der Waals surface area contributed by atoms with Crippen molar-refractivity contribution in [1.82, 2.24) is 5.32 Å². The van der Waals surface area contributed by atoms with Crippen LogP contribution < -0.4 is 14.8 Å². The molecule has 0 bridgehead atoms. The number of ether oxygens (including phenoxy) is 2. The van der Waals surface area contributed by atoms with E-state index in [2.05, 4.69) is 24.2 Å². The maximum atomic E-state index is 5.31. The minimum atomic E-state index is 0.486. The first-order valence-electron chi connectivity index (χ1n) is 6.78. The quantitative estimate of drug-likeness (QED) is 0.927. The Morgan fingerprint density at radius 2 is 2.00 bits per heavy atom. The molecule has 2 rings (SSSR count). The van der Waals surface area contributed by atoms with Crippen molar-refractivity contribution in [2.24, 2.45) is 10.9 Å². The number of methoxy groups -OCH3 is 2. The summed E-state index contributed by atoms with van der Waals surface area (Å²) in [7, 11) is 3.29. The molecule has 0 spiro atoms. The predicted molar refractivity (Wildman–Crippen MR) is 84.9 cm³/mol. The number of nitrogens with one attached hydrogen (secondary N) is 1. The molecule has 1 heterocycles. The second-order valence-electron chi connectivity index (χ2n) is 5.03. The van der Waals surface area contributed by atoms with Crippen molar-refractivity contribution in [2.75, 3.05) is 20.0 Å².